The Morgan fingerprint density at radius 1 is 0.781 bits per heavy atom. The minimum atomic E-state index is -0.273. The van der Waals surface area contributed by atoms with Crippen molar-refractivity contribution < 1.29 is 0 Å². The van der Waals surface area contributed by atoms with Crippen molar-refractivity contribution in [3.63, 3.8) is 0 Å². The van der Waals surface area contributed by atoms with E-state index in [1.165, 1.54) is 10.5 Å². The van der Waals surface area contributed by atoms with Crippen LogP contribution in [0.5, 0.6) is 0 Å². The molecule has 0 saturated heterocycles. The normalized spacial score (nSPS) is 11.4. The van der Waals surface area contributed by atoms with Crippen LogP contribution < -0.4 is 5.56 Å². The minimum Gasteiger partial charge on any atom is -0.269 e. The van der Waals surface area contributed by atoms with Crippen molar-refractivity contribution in [1.29, 1.82) is 0 Å². The molecule has 7 nitrogen and oxygen atoms in total. The number of azo groups is 1. The van der Waals surface area contributed by atoms with Crippen LogP contribution in [0.1, 0.15) is 11.1 Å². The van der Waals surface area contributed by atoms with Crippen molar-refractivity contribution in [1.82, 2.24) is 19.2 Å². The number of aryl methyl sites for hydroxylation is 2. The van der Waals surface area contributed by atoms with Gasteiger partial charge in [0.15, 0.2) is 0 Å². The maximum absolute atomic E-state index is 13.1. The van der Waals surface area contributed by atoms with Gasteiger partial charge in [-0.2, -0.15) is 4.68 Å². The van der Waals surface area contributed by atoms with Gasteiger partial charge in [0.25, 0.3) is 11.5 Å². The summed E-state index contributed by atoms with van der Waals surface area (Å²) >= 11 is 0. The molecule has 0 unspecified atom stereocenters. The monoisotopic (exact) mass is 420 g/mol. The van der Waals surface area contributed by atoms with Gasteiger partial charge in [-0.1, -0.05) is 65.7 Å². The lowest BCUT2D eigenvalue weighted by molar-refractivity contribution is 0.890. The first-order valence-corrected chi connectivity index (χ1v) is 10.2. The summed E-state index contributed by atoms with van der Waals surface area (Å²) in [6, 6.07) is 26.6. The topological polar surface area (TPSA) is 76.9 Å². The highest BCUT2D eigenvalue weighted by molar-refractivity contribution is 5.61. The Morgan fingerprint density at radius 3 is 2.12 bits per heavy atom. The zero-order valence-electron chi connectivity index (χ0n) is 17.7. The van der Waals surface area contributed by atoms with E-state index in [9.17, 15) is 4.79 Å². The van der Waals surface area contributed by atoms with Crippen LogP contribution in [-0.4, -0.2) is 19.2 Å². The Bertz CT molecular complexity index is 1480. The van der Waals surface area contributed by atoms with Crippen LogP contribution in [0.25, 0.3) is 22.7 Å². The zero-order chi connectivity index (χ0) is 22.1. The maximum Gasteiger partial charge on any atom is 0.276 e. The molecule has 0 fully saturated rings. The highest BCUT2D eigenvalue weighted by Gasteiger charge is 2.16. The molecule has 0 saturated carbocycles. The van der Waals surface area contributed by atoms with E-state index in [1.807, 2.05) is 92.7 Å². The first kappa shape index (κ1) is 19.6. The molecule has 32 heavy (non-hydrogen) atoms. The quantitative estimate of drug-likeness (QED) is 0.356. The van der Waals surface area contributed by atoms with Gasteiger partial charge in [0.1, 0.15) is 0 Å². The number of hydrogen-bond acceptors (Lipinski definition) is 5. The molecular formula is C25H20N6O. The molecule has 0 amide bonds. The maximum atomic E-state index is 13.1. The van der Waals surface area contributed by atoms with Crippen LogP contribution in [0.3, 0.4) is 0 Å². The Labute approximate surface area is 184 Å². The van der Waals surface area contributed by atoms with Gasteiger partial charge in [-0.05, 0) is 38.1 Å². The fourth-order valence-corrected chi connectivity index (χ4v) is 3.37. The van der Waals surface area contributed by atoms with Gasteiger partial charge in [-0.25, -0.2) is 9.38 Å². The van der Waals surface area contributed by atoms with E-state index in [1.54, 1.807) is 4.68 Å². The van der Waals surface area contributed by atoms with Crippen LogP contribution in [0.2, 0.25) is 0 Å². The predicted molar refractivity (Wildman–Crippen MR) is 124 cm³/mol. The van der Waals surface area contributed by atoms with E-state index >= 15 is 0 Å². The van der Waals surface area contributed by atoms with E-state index in [-0.39, 0.29) is 11.5 Å². The summed E-state index contributed by atoms with van der Waals surface area (Å²) in [6.07, 6.45) is 0. The molecule has 156 valence electrons. The Balaban J connectivity index is 1.71. The Morgan fingerprint density at radius 2 is 1.44 bits per heavy atom. The minimum absolute atomic E-state index is 0.165. The summed E-state index contributed by atoms with van der Waals surface area (Å²) in [5.74, 6) is 0.538. The van der Waals surface area contributed by atoms with E-state index in [0.717, 1.165) is 22.4 Å². The zero-order valence-corrected chi connectivity index (χ0v) is 17.7. The van der Waals surface area contributed by atoms with Crippen molar-refractivity contribution in [3.8, 4) is 16.9 Å². The van der Waals surface area contributed by atoms with Crippen molar-refractivity contribution in [2.24, 2.45) is 10.2 Å². The van der Waals surface area contributed by atoms with Gasteiger partial charge in [0.05, 0.1) is 17.1 Å². The molecule has 3 aromatic carbocycles. The molecule has 5 aromatic rings. The van der Waals surface area contributed by atoms with Crippen molar-refractivity contribution in [2.45, 2.75) is 13.8 Å². The molecule has 0 aliphatic heterocycles. The molecule has 0 aliphatic carbocycles. The van der Waals surface area contributed by atoms with Crippen molar-refractivity contribution in [3.05, 3.63) is 106 Å². The summed E-state index contributed by atoms with van der Waals surface area (Å²) in [7, 11) is 0. The first-order valence-electron chi connectivity index (χ1n) is 10.2. The number of aromatic nitrogens is 4. The van der Waals surface area contributed by atoms with Gasteiger partial charge in [0.2, 0.25) is 5.78 Å². The fraction of sp³-hybridized carbons (Fsp3) is 0.0800. The summed E-state index contributed by atoms with van der Waals surface area (Å²) in [5, 5.41) is 13.1. The van der Waals surface area contributed by atoms with Gasteiger partial charge in [0, 0.05) is 11.6 Å². The molecule has 0 bridgehead atoms. The average Bonchev–Trinajstić information content (AvgIpc) is 3.19. The molecule has 5 rings (SSSR count). The Kier molecular flexibility index (Phi) is 4.91. The molecule has 2 heterocycles. The molecular weight excluding hydrogens is 400 g/mol. The lowest BCUT2D eigenvalue weighted by Gasteiger charge is -2.04. The van der Waals surface area contributed by atoms with E-state index in [0.29, 0.717) is 17.2 Å². The largest absolute Gasteiger partial charge is 0.276 e. The van der Waals surface area contributed by atoms with Crippen LogP contribution in [0, 0.1) is 13.8 Å². The van der Waals surface area contributed by atoms with E-state index < -0.39 is 0 Å². The van der Waals surface area contributed by atoms with E-state index in [2.05, 4.69) is 15.3 Å². The number of rotatable bonds is 4. The van der Waals surface area contributed by atoms with Crippen LogP contribution >= 0.6 is 0 Å². The molecule has 7 heteroatoms. The fourth-order valence-electron chi connectivity index (χ4n) is 3.37. The number of fused-ring (bicyclic) bond motifs is 1. The van der Waals surface area contributed by atoms with Gasteiger partial charge < -0.3 is 0 Å². The third-order valence-corrected chi connectivity index (χ3v) is 5.12. The standard InChI is InChI=1S/C25H20N6O/c1-17-8-12-20(13-9-17)27-28-24-29-31(21-14-10-18(2)11-15-21)25-26-22(16-23(32)30(24)25)19-6-4-3-5-7-19/h3-16H,1-2H3. The van der Waals surface area contributed by atoms with Crippen LogP contribution in [0.15, 0.2) is 100.0 Å². The van der Waals surface area contributed by atoms with E-state index in [4.69, 9.17) is 4.98 Å². The lowest BCUT2D eigenvalue weighted by Crippen LogP contribution is -2.14. The van der Waals surface area contributed by atoms with Gasteiger partial charge >= 0.3 is 0 Å². The first-order chi connectivity index (χ1) is 15.6. The van der Waals surface area contributed by atoms with Crippen molar-refractivity contribution in [2.75, 3.05) is 0 Å². The second kappa shape index (κ2) is 8.03. The Hall–Kier alpha value is -4.39. The number of hydrogen-bond donors (Lipinski definition) is 0. The van der Waals surface area contributed by atoms with Crippen LogP contribution in [-0.2, 0) is 0 Å². The van der Waals surface area contributed by atoms with Crippen molar-refractivity contribution >= 4 is 17.4 Å². The second-order valence-corrected chi connectivity index (χ2v) is 7.56. The molecule has 0 radical (unpaired) electrons. The smallest absolute Gasteiger partial charge is 0.269 e. The SMILES string of the molecule is Cc1ccc(N=Nc2nn(-c3ccc(C)cc3)c3nc(-c4ccccc4)cc(=O)n23)cc1. The number of nitrogens with zero attached hydrogens (tertiary/aromatic N) is 6. The van der Waals surface area contributed by atoms with Gasteiger partial charge in [-0.15, -0.1) is 15.3 Å². The third-order valence-electron chi connectivity index (χ3n) is 5.12. The molecule has 2 aromatic heterocycles. The summed E-state index contributed by atoms with van der Waals surface area (Å²) in [6.45, 7) is 4.02. The predicted octanol–water partition coefficient (Wildman–Crippen LogP) is 5.58. The number of benzene rings is 3. The lowest BCUT2D eigenvalue weighted by atomic mass is 10.1. The molecule has 0 atom stereocenters. The van der Waals surface area contributed by atoms with Crippen LogP contribution in [0.4, 0.5) is 11.6 Å². The molecule has 0 spiro atoms. The molecule has 0 aliphatic rings. The molecule has 0 N–H and O–H groups in total. The highest BCUT2D eigenvalue weighted by atomic mass is 16.1. The summed E-state index contributed by atoms with van der Waals surface area (Å²) < 4.78 is 3.00. The highest BCUT2D eigenvalue weighted by Crippen LogP contribution is 2.22. The summed E-state index contributed by atoms with van der Waals surface area (Å²) in [5.41, 5.74) is 4.87. The van der Waals surface area contributed by atoms with Gasteiger partial charge in [-0.3, -0.25) is 4.79 Å². The second-order valence-electron chi connectivity index (χ2n) is 7.56. The summed E-state index contributed by atoms with van der Waals surface area (Å²) in [4.78, 5) is 17.9. The third kappa shape index (κ3) is 3.72. The average molecular weight is 420 g/mol.